The summed E-state index contributed by atoms with van der Waals surface area (Å²) in [6.07, 6.45) is 1.03. The molecule has 1 fully saturated rings. The maximum absolute atomic E-state index is 11.7. The Morgan fingerprint density at radius 3 is 2.62 bits per heavy atom. The van der Waals surface area contributed by atoms with Gasteiger partial charge in [0.15, 0.2) is 11.1 Å². The van der Waals surface area contributed by atoms with E-state index in [4.69, 9.17) is 9.29 Å². The van der Waals surface area contributed by atoms with Gasteiger partial charge in [-0.2, -0.15) is 0 Å². The van der Waals surface area contributed by atoms with E-state index in [1.807, 2.05) is 0 Å². The van der Waals surface area contributed by atoms with Crippen molar-refractivity contribution in [3.05, 3.63) is 0 Å². The number of carbonyl (C=O) groups excluding carboxylic acids is 1. The van der Waals surface area contributed by atoms with Crippen LogP contribution in [-0.2, 0) is 15.8 Å². The largest absolute Gasteiger partial charge is 0.444 e. The molecule has 1 unspecified atom stereocenters. The fourth-order valence-electron chi connectivity index (χ4n) is 1.60. The summed E-state index contributed by atoms with van der Waals surface area (Å²) in [5, 5.41) is -0.346. The summed E-state index contributed by atoms with van der Waals surface area (Å²) >= 11 is -1.86. The Morgan fingerprint density at radius 2 is 2.12 bits per heavy atom. The molecule has 1 aliphatic heterocycles. The lowest BCUT2D eigenvalue weighted by molar-refractivity contribution is 0.0218. The molecule has 0 aromatic rings. The van der Waals surface area contributed by atoms with Crippen LogP contribution in [0.1, 0.15) is 33.6 Å². The molecule has 0 bridgehead atoms. The highest BCUT2D eigenvalue weighted by molar-refractivity contribution is 7.79. The third-order valence-electron chi connectivity index (χ3n) is 2.32. The normalized spacial score (nSPS) is 24.0. The van der Waals surface area contributed by atoms with E-state index in [2.05, 4.69) is 0 Å². The van der Waals surface area contributed by atoms with Crippen molar-refractivity contribution < 1.29 is 18.3 Å². The van der Waals surface area contributed by atoms with Crippen molar-refractivity contribution in [2.24, 2.45) is 0 Å². The SMILES string of the molecule is CC(C)(C)OC(=O)N1CCC[C@@H](S(=O)O)C1. The van der Waals surface area contributed by atoms with Gasteiger partial charge in [-0.15, -0.1) is 0 Å². The van der Waals surface area contributed by atoms with E-state index >= 15 is 0 Å². The van der Waals surface area contributed by atoms with Gasteiger partial charge in [0.2, 0.25) is 0 Å². The van der Waals surface area contributed by atoms with Crippen LogP contribution in [-0.4, -0.2) is 43.7 Å². The van der Waals surface area contributed by atoms with Gasteiger partial charge in [0, 0.05) is 13.1 Å². The Bertz CT molecular complexity index is 287. The Labute approximate surface area is 98.4 Å². The molecule has 0 aromatic heterocycles. The topological polar surface area (TPSA) is 66.8 Å². The minimum absolute atomic E-state index is 0.304. The molecule has 1 saturated heterocycles. The van der Waals surface area contributed by atoms with Gasteiger partial charge in [-0.3, -0.25) is 0 Å². The highest BCUT2D eigenvalue weighted by Gasteiger charge is 2.29. The van der Waals surface area contributed by atoms with Crippen LogP contribution < -0.4 is 0 Å². The van der Waals surface area contributed by atoms with Crippen molar-refractivity contribution >= 4 is 17.2 Å². The molecule has 6 heteroatoms. The smallest absolute Gasteiger partial charge is 0.410 e. The second-order valence-corrected chi connectivity index (χ2v) is 6.19. The van der Waals surface area contributed by atoms with Gasteiger partial charge in [0.25, 0.3) is 0 Å². The van der Waals surface area contributed by atoms with Gasteiger partial charge >= 0.3 is 6.09 Å². The summed E-state index contributed by atoms with van der Waals surface area (Å²) in [6, 6.07) is 0. The van der Waals surface area contributed by atoms with Crippen molar-refractivity contribution in [1.29, 1.82) is 0 Å². The molecular weight excluding hydrogens is 230 g/mol. The molecule has 1 aliphatic rings. The Kier molecular flexibility index (Phi) is 4.32. The van der Waals surface area contributed by atoms with Gasteiger partial charge in [-0.25, -0.2) is 9.00 Å². The predicted molar refractivity (Wildman–Crippen MR) is 61.6 cm³/mol. The molecule has 5 nitrogen and oxygen atoms in total. The van der Waals surface area contributed by atoms with Gasteiger partial charge in [0.05, 0.1) is 5.25 Å². The highest BCUT2D eigenvalue weighted by atomic mass is 32.2. The van der Waals surface area contributed by atoms with Crippen molar-refractivity contribution in [3.63, 3.8) is 0 Å². The van der Waals surface area contributed by atoms with Crippen molar-refractivity contribution in [3.8, 4) is 0 Å². The number of piperidine rings is 1. The molecule has 1 N–H and O–H groups in total. The lowest BCUT2D eigenvalue weighted by Gasteiger charge is -2.32. The third kappa shape index (κ3) is 4.09. The summed E-state index contributed by atoms with van der Waals surface area (Å²) in [6.45, 7) is 6.31. The van der Waals surface area contributed by atoms with Crippen LogP contribution in [0.4, 0.5) is 4.79 Å². The minimum atomic E-state index is -1.86. The fourth-order valence-corrected chi connectivity index (χ4v) is 2.27. The number of carbonyl (C=O) groups is 1. The van der Waals surface area contributed by atoms with Gasteiger partial charge in [-0.05, 0) is 33.6 Å². The van der Waals surface area contributed by atoms with Crippen molar-refractivity contribution in [2.45, 2.75) is 44.5 Å². The van der Waals surface area contributed by atoms with Gasteiger partial charge in [0.1, 0.15) is 5.60 Å². The zero-order valence-corrected chi connectivity index (χ0v) is 10.7. The lowest BCUT2D eigenvalue weighted by Crippen LogP contribution is -2.45. The number of likely N-dealkylation sites (tertiary alicyclic amines) is 1. The Hall–Kier alpha value is -0.620. The molecule has 16 heavy (non-hydrogen) atoms. The van der Waals surface area contributed by atoms with Crippen LogP contribution in [0.15, 0.2) is 0 Å². The number of ether oxygens (including phenoxy) is 1. The van der Waals surface area contributed by atoms with Crippen molar-refractivity contribution in [1.82, 2.24) is 4.90 Å². The second kappa shape index (κ2) is 5.14. The summed E-state index contributed by atoms with van der Waals surface area (Å²) in [4.78, 5) is 13.2. The minimum Gasteiger partial charge on any atom is -0.444 e. The molecule has 1 amide bonds. The number of nitrogens with zero attached hydrogens (tertiary/aromatic N) is 1. The quantitative estimate of drug-likeness (QED) is 0.717. The Morgan fingerprint density at radius 1 is 1.50 bits per heavy atom. The third-order valence-corrected chi connectivity index (χ3v) is 3.27. The standard InChI is InChI=1S/C10H19NO4S/c1-10(2,3)15-9(12)11-6-4-5-8(7-11)16(13)14/h8H,4-7H2,1-3H3,(H,13,14)/t8-/m1/s1. The van der Waals surface area contributed by atoms with E-state index in [1.165, 1.54) is 4.90 Å². The van der Waals surface area contributed by atoms with E-state index in [0.29, 0.717) is 19.5 Å². The first-order valence-electron chi connectivity index (χ1n) is 5.37. The number of hydrogen-bond acceptors (Lipinski definition) is 3. The first-order chi connectivity index (χ1) is 7.29. The average molecular weight is 249 g/mol. The zero-order chi connectivity index (χ0) is 12.3. The molecule has 0 aromatic carbocycles. The molecule has 1 rings (SSSR count). The molecular formula is C10H19NO4S. The fraction of sp³-hybridized carbons (Fsp3) is 0.900. The van der Waals surface area contributed by atoms with Crippen LogP contribution in [0.25, 0.3) is 0 Å². The monoisotopic (exact) mass is 249 g/mol. The van der Waals surface area contributed by atoms with E-state index < -0.39 is 22.8 Å². The van der Waals surface area contributed by atoms with Gasteiger partial charge in [-0.1, -0.05) is 0 Å². The van der Waals surface area contributed by atoms with E-state index in [0.717, 1.165) is 6.42 Å². The first kappa shape index (κ1) is 13.4. The highest BCUT2D eigenvalue weighted by Crippen LogP contribution is 2.17. The molecule has 94 valence electrons. The van der Waals surface area contributed by atoms with Crippen LogP contribution >= 0.6 is 0 Å². The lowest BCUT2D eigenvalue weighted by atomic mass is 10.1. The summed E-state index contributed by atoms with van der Waals surface area (Å²) < 4.78 is 25.2. The molecule has 0 spiro atoms. The molecule has 0 aliphatic carbocycles. The van der Waals surface area contributed by atoms with E-state index in [-0.39, 0.29) is 5.25 Å². The van der Waals surface area contributed by atoms with Crippen LogP contribution in [0.3, 0.4) is 0 Å². The van der Waals surface area contributed by atoms with Crippen LogP contribution in [0, 0.1) is 0 Å². The van der Waals surface area contributed by atoms with E-state index in [9.17, 15) is 9.00 Å². The number of amides is 1. The summed E-state index contributed by atoms with van der Waals surface area (Å²) in [5.74, 6) is 0. The van der Waals surface area contributed by atoms with Crippen LogP contribution in [0.5, 0.6) is 0 Å². The maximum atomic E-state index is 11.7. The second-order valence-electron chi connectivity index (χ2n) is 4.97. The summed E-state index contributed by atoms with van der Waals surface area (Å²) in [7, 11) is 0. The molecule has 2 atom stereocenters. The predicted octanol–water partition coefficient (Wildman–Crippen LogP) is 1.61. The van der Waals surface area contributed by atoms with Crippen LogP contribution in [0.2, 0.25) is 0 Å². The van der Waals surface area contributed by atoms with Gasteiger partial charge < -0.3 is 14.2 Å². The maximum Gasteiger partial charge on any atom is 0.410 e. The first-order valence-corrected chi connectivity index (χ1v) is 6.54. The van der Waals surface area contributed by atoms with Crippen molar-refractivity contribution in [2.75, 3.05) is 13.1 Å². The zero-order valence-electron chi connectivity index (χ0n) is 9.93. The Balaban J connectivity index is 2.54. The molecule has 0 saturated carbocycles. The van der Waals surface area contributed by atoms with E-state index in [1.54, 1.807) is 20.8 Å². The number of rotatable bonds is 1. The summed E-state index contributed by atoms with van der Waals surface area (Å²) in [5.41, 5.74) is -0.525. The molecule has 0 radical (unpaired) electrons. The average Bonchev–Trinajstić information content (AvgIpc) is 2.15. The number of hydrogen-bond donors (Lipinski definition) is 1. The molecule has 1 heterocycles.